The highest BCUT2D eigenvalue weighted by Gasteiger charge is 2.16. The second-order valence-electron chi connectivity index (χ2n) is 9.81. The molecule has 0 bridgehead atoms. The number of fused-ring (bicyclic) bond motifs is 2. The Hall–Kier alpha value is -3.19. The first-order valence-corrected chi connectivity index (χ1v) is 17.7. The zero-order chi connectivity index (χ0) is 35.7. The number of carbonyl (C=O) groups is 2. The van der Waals surface area contributed by atoms with E-state index in [1.165, 1.54) is 30.7 Å². The second-order valence-corrected chi connectivity index (χ2v) is 13.0. The number of carbonyl (C=O) groups excluding carboxylic acids is 2. The van der Waals surface area contributed by atoms with Crippen LogP contribution in [-0.4, -0.2) is 55.1 Å². The van der Waals surface area contributed by atoms with Gasteiger partial charge in [-0.25, -0.2) is 18.4 Å². The number of rotatable bonds is 7. The van der Waals surface area contributed by atoms with Crippen molar-refractivity contribution < 1.29 is 27.8 Å². The minimum atomic E-state index is -0.424. The Labute approximate surface area is 328 Å². The van der Waals surface area contributed by atoms with Crippen molar-refractivity contribution in [3.8, 4) is 0 Å². The second kappa shape index (κ2) is 19.4. The minimum Gasteiger partial charge on any atom is -0.462 e. The molecule has 10 nitrogen and oxygen atoms in total. The maximum atomic E-state index is 14.2. The number of aromatic amines is 1. The fraction of sp³-hybridized carbons (Fsp3) is 0.212. The zero-order valence-electron chi connectivity index (χ0n) is 25.6. The topological polar surface area (TPSA) is 125 Å². The maximum Gasteiger partial charge on any atom is 0.342 e. The zero-order valence-corrected chi connectivity index (χ0v) is 32.2. The highest BCUT2D eigenvalue weighted by atomic mass is 127. The molecular weight excluding hydrogens is 943 g/mol. The van der Waals surface area contributed by atoms with Crippen molar-refractivity contribution in [2.24, 2.45) is 0 Å². The summed E-state index contributed by atoms with van der Waals surface area (Å²) in [7, 11) is 0. The van der Waals surface area contributed by atoms with Crippen LogP contribution in [0.1, 0.15) is 53.1 Å². The molecular formula is C33H29Cl3F2I2N6O4. The summed E-state index contributed by atoms with van der Waals surface area (Å²) in [5.74, 6) is -1.26. The average Bonchev–Trinajstić information content (AvgIpc) is 3.66. The van der Waals surface area contributed by atoms with Gasteiger partial charge in [0.2, 0.25) is 0 Å². The number of alkyl halides is 1. The molecule has 6 aromatic rings. The largest absolute Gasteiger partial charge is 0.462 e. The Morgan fingerprint density at radius 3 is 1.84 bits per heavy atom. The van der Waals surface area contributed by atoms with E-state index in [0.29, 0.717) is 70.2 Å². The van der Waals surface area contributed by atoms with Gasteiger partial charge in [-0.3, -0.25) is 19.7 Å². The van der Waals surface area contributed by atoms with Crippen molar-refractivity contribution in [2.75, 3.05) is 13.2 Å². The molecule has 0 atom stereocenters. The van der Waals surface area contributed by atoms with Gasteiger partial charge < -0.3 is 9.47 Å². The highest BCUT2D eigenvalue weighted by molar-refractivity contribution is 14.1. The fourth-order valence-electron chi connectivity index (χ4n) is 4.28. The lowest BCUT2D eigenvalue weighted by Gasteiger charge is -2.05. The van der Waals surface area contributed by atoms with Gasteiger partial charge in [0.25, 0.3) is 0 Å². The lowest BCUT2D eigenvalue weighted by Crippen LogP contribution is -2.05. The number of H-pyrrole nitrogens is 1. The van der Waals surface area contributed by atoms with E-state index in [1.807, 2.05) is 45.2 Å². The monoisotopic (exact) mass is 970 g/mol. The molecule has 0 radical (unpaired) electrons. The predicted octanol–water partition coefficient (Wildman–Crippen LogP) is 9.65. The lowest BCUT2D eigenvalue weighted by molar-refractivity contribution is 0.0515. The minimum absolute atomic E-state index is 0. The molecule has 2 aromatic carbocycles. The third-order valence-electron chi connectivity index (χ3n) is 6.33. The third-order valence-corrected chi connectivity index (χ3v) is 8.67. The van der Waals surface area contributed by atoms with Crippen molar-refractivity contribution >= 4 is 114 Å². The van der Waals surface area contributed by atoms with E-state index < -0.39 is 11.8 Å². The number of nitrogens with one attached hydrogen (secondary N) is 1. The van der Waals surface area contributed by atoms with Crippen LogP contribution in [-0.2, 0) is 21.9 Å². The number of nitrogens with zero attached hydrogens (tertiary/aromatic N) is 5. The van der Waals surface area contributed by atoms with E-state index in [4.69, 9.17) is 44.3 Å². The number of halogens is 7. The van der Waals surface area contributed by atoms with Crippen LogP contribution >= 0.6 is 80.0 Å². The molecule has 0 unspecified atom stereocenters. The van der Waals surface area contributed by atoms with Crippen molar-refractivity contribution in [3.63, 3.8) is 0 Å². The Morgan fingerprint density at radius 2 is 1.34 bits per heavy atom. The van der Waals surface area contributed by atoms with Crippen LogP contribution in [0.5, 0.6) is 0 Å². The summed E-state index contributed by atoms with van der Waals surface area (Å²) in [6.45, 7) is 4.51. The Balaban J connectivity index is 0.000000221. The Morgan fingerprint density at radius 1 is 0.820 bits per heavy atom. The first-order valence-electron chi connectivity index (χ1n) is 14.2. The molecule has 0 saturated carbocycles. The first kappa shape index (κ1) is 41.2. The van der Waals surface area contributed by atoms with Crippen LogP contribution < -0.4 is 0 Å². The van der Waals surface area contributed by atoms with E-state index in [1.54, 1.807) is 49.0 Å². The molecule has 264 valence electrons. The van der Waals surface area contributed by atoms with Gasteiger partial charge in [-0.2, -0.15) is 10.2 Å². The summed E-state index contributed by atoms with van der Waals surface area (Å²) >= 11 is 21.2. The Kier molecular flexibility index (Phi) is 16.0. The third kappa shape index (κ3) is 10.9. The van der Waals surface area contributed by atoms with E-state index in [2.05, 4.69) is 25.3 Å². The number of ether oxygens (including phenoxy) is 2. The van der Waals surface area contributed by atoms with Crippen LogP contribution in [0, 0.1) is 19.0 Å². The summed E-state index contributed by atoms with van der Waals surface area (Å²) in [5, 5.41) is 12.8. The van der Waals surface area contributed by atoms with E-state index >= 15 is 0 Å². The summed E-state index contributed by atoms with van der Waals surface area (Å²) in [6, 6.07) is 9.70. The summed E-state index contributed by atoms with van der Waals surface area (Å²) in [5.41, 5.74) is 2.89. The van der Waals surface area contributed by atoms with Gasteiger partial charge in [-0.15, -0.1) is 11.6 Å². The number of esters is 2. The molecule has 4 aromatic heterocycles. The molecule has 6 rings (SSSR count). The quantitative estimate of drug-likeness (QED) is 0.0954. The molecule has 1 N–H and O–H groups in total. The SMILES string of the molecule is C.CCOC(=O)c1cn(Cc2cc(F)c3ncc(Cl)cc3c2)nc1I.CCOC(=O)c1cn[nH]c1I.Fc1cc(CCl)cc2cc(Cl)cnc12. The molecule has 17 heteroatoms. The first-order chi connectivity index (χ1) is 23.4. The van der Waals surface area contributed by atoms with Crippen LogP contribution in [0.15, 0.2) is 61.2 Å². The predicted molar refractivity (Wildman–Crippen MR) is 207 cm³/mol. The molecule has 0 amide bonds. The van der Waals surface area contributed by atoms with Crippen LogP contribution in [0.2, 0.25) is 10.0 Å². The summed E-state index contributed by atoms with van der Waals surface area (Å²) in [4.78, 5) is 30.8. The smallest absolute Gasteiger partial charge is 0.342 e. The van der Waals surface area contributed by atoms with Crippen molar-refractivity contribution in [1.29, 1.82) is 0 Å². The van der Waals surface area contributed by atoms with Gasteiger partial charge >= 0.3 is 11.9 Å². The van der Waals surface area contributed by atoms with Gasteiger partial charge in [-0.1, -0.05) is 30.6 Å². The number of aromatic nitrogens is 6. The van der Waals surface area contributed by atoms with Gasteiger partial charge in [0.1, 0.15) is 41.2 Å². The average molecular weight is 972 g/mol. The lowest BCUT2D eigenvalue weighted by atomic mass is 10.1. The van der Waals surface area contributed by atoms with E-state index in [-0.39, 0.29) is 30.6 Å². The van der Waals surface area contributed by atoms with Crippen molar-refractivity contribution in [1.82, 2.24) is 29.9 Å². The van der Waals surface area contributed by atoms with Crippen molar-refractivity contribution in [3.05, 3.63) is 113 Å². The van der Waals surface area contributed by atoms with Crippen LogP contribution in [0.4, 0.5) is 8.78 Å². The molecule has 0 spiro atoms. The molecule has 4 heterocycles. The normalized spacial score (nSPS) is 10.4. The maximum absolute atomic E-state index is 14.2. The van der Waals surface area contributed by atoms with E-state index in [9.17, 15) is 18.4 Å². The number of benzene rings is 2. The molecule has 0 aliphatic rings. The van der Waals surface area contributed by atoms with Crippen LogP contribution in [0.3, 0.4) is 0 Å². The molecule has 0 saturated heterocycles. The standard InChI is InChI=1S/C16H12ClFIN3O2.C10H6Cl2FN.C6H7IN2O2.CH4/c1-2-24-16(23)12-8-22(21-15(12)19)7-9-3-10-5-11(17)6-20-14(10)13(18)4-9;11-4-6-1-7-3-8(12)5-14-10(7)9(13)2-6;1-2-11-6(10)4-3-8-9-5(4)7;/h3-6,8H,2,7H2,1H3;1-3,5H,4H2;3H,2H2,1H3,(H,8,9);1H4. The number of hydrogen-bond acceptors (Lipinski definition) is 8. The van der Waals surface area contributed by atoms with Crippen LogP contribution in [0.25, 0.3) is 21.8 Å². The molecule has 0 aliphatic carbocycles. The summed E-state index contributed by atoms with van der Waals surface area (Å²) in [6.07, 6.45) is 5.89. The van der Waals surface area contributed by atoms with Gasteiger partial charge in [0.05, 0.1) is 36.0 Å². The van der Waals surface area contributed by atoms with Gasteiger partial charge in [0.15, 0.2) is 0 Å². The molecule has 0 fully saturated rings. The number of pyridine rings is 2. The van der Waals surface area contributed by atoms with Crippen molar-refractivity contribution in [2.45, 2.75) is 33.7 Å². The Bertz CT molecular complexity index is 2120. The molecule has 50 heavy (non-hydrogen) atoms. The molecule has 0 aliphatic heterocycles. The van der Waals surface area contributed by atoms with E-state index in [0.717, 1.165) is 5.56 Å². The van der Waals surface area contributed by atoms with Gasteiger partial charge in [0, 0.05) is 35.2 Å². The summed E-state index contributed by atoms with van der Waals surface area (Å²) < 4.78 is 40.2. The number of hydrogen-bond donors (Lipinski definition) is 1. The fourth-order valence-corrected chi connectivity index (χ4v) is 5.90. The van der Waals surface area contributed by atoms with Gasteiger partial charge in [-0.05, 0) is 107 Å². The highest BCUT2D eigenvalue weighted by Crippen LogP contribution is 2.23.